The number of hydrogen-bond donors (Lipinski definition) is 0. The number of rotatable bonds is 38. The molecule has 262 valence electrons. The fourth-order valence-electron chi connectivity index (χ4n) is 6.31. The molecule has 0 aliphatic rings. The predicted molar refractivity (Wildman–Crippen MR) is 198 cm³/mol. The summed E-state index contributed by atoms with van der Waals surface area (Å²) < 4.78 is 5.46. The quantitative estimate of drug-likeness (QED) is 0.0391. The molecule has 0 saturated carbocycles. The average molecular weight is 619 g/mol. The van der Waals surface area contributed by atoms with Gasteiger partial charge in [0.1, 0.15) is 0 Å². The second-order valence-corrected chi connectivity index (χ2v) is 14.0. The van der Waals surface area contributed by atoms with E-state index in [0.717, 1.165) is 12.8 Å². The van der Waals surface area contributed by atoms with Gasteiger partial charge in [0.2, 0.25) is 0 Å². The molecule has 0 atom stereocenters. The van der Waals surface area contributed by atoms with E-state index in [1.54, 1.807) is 0 Å². The summed E-state index contributed by atoms with van der Waals surface area (Å²) in [5.74, 6) is 0.0271. The van der Waals surface area contributed by atoms with E-state index in [1.165, 1.54) is 212 Å². The van der Waals surface area contributed by atoms with Gasteiger partial charge in [0.05, 0.1) is 6.61 Å². The molecule has 0 radical (unpaired) electrons. The lowest BCUT2D eigenvalue weighted by atomic mass is 10.0. The Morgan fingerprint density at radius 3 is 0.977 bits per heavy atom. The van der Waals surface area contributed by atoms with Crippen molar-refractivity contribution in [2.24, 2.45) is 0 Å². The molecule has 0 heterocycles. The largest absolute Gasteiger partial charge is 0.466 e. The van der Waals surface area contributed by atoms with Gasteiger partial charge in [-0.05, 0) is 38.5 Å². The second-order valence-electron chi connectivity index (χ2n) is 14.0. The number of unbranched alkanes of at least 4 members (excludes halogenated alkanes) is 32. The first-order chi connectivity index (χ1) is 21.8. The van der Waals surface area contributed by atoms with Gasteiger partial charge in [-0.15, -0.1) is 0 Å². The summed E-state index contributed by atoms with van der Waals surface area (Å²) in [6, 6.07) is 0. The molecular weight excluding hydrogens is 536 g/mol. The Bertz CT molecular complexity index is 554. The molecule has 0 bridgehead atoms. The lowest BCUT2D eigenvalue weighted by Gasteiger charge is -2.06. The van der Waals surface area contributed by atoms with Crippen molar-refractivity contribution >= 4 is 5.97 Å². The molecule has 0 aromatic heterocycles. The zero-order valence-corrected chi connectivity index (χ0v) is 30.6. The van der Waals surface area contributed by atoms with E-state index in [4.69, 9.17) is 4.74 Å². The summed E-state index contributed by atoms with van der Waals surface area (Å²) >= 11 is 0. The highest BCUT2D eigenvalue weighted by Crippen LogP contribution is 2.15. The van der Waals surface area contributed by atoms with Crippen molar-refractivity contribution in [1.29, 1.82) is 0 Å². The summed E-state index contributed by atoms with van der Waals surface area (Å²) in [4.78, 5) is 12.0. The van der Waals surface area contributed by atoms with Crippen LogP contribution >= 0.6 is 0 Å². The Kier molecular flexibility index (Phi) is 39.5. The lowest BCUT2D eigenvalue weighted by molar-refractivity contribution is -0.143. The van der Waals surface area contributed by atoms with Crippen molar-refractivity contribution in [2.45, 2.75) is 245 Å². The summed E-state index contributed by atoms with van der Waals surface area (Å²) in [7, 11) is 0. The molecule has 0 saturated heterocycles. The third kappa shape index (κ3) is 39.2. The van der Waals surface area contributed by atoms with Crippen LogP contribution in [0.3, 0.4) is 0 Å². The van der Waals surface area contributed by atoms with Crippen LogP contribution in [0, 0.1) is 0 Å². The Labute approximate surface area is 278 Å². The van der Waals surface area contributed by atoms with E-state index in [1.807, 2.05) is 0 Å². The highest BCUT2D eigenvalue weighted by molar-refractivity contribution is 5.69. The van der Waals surface area contributed by atoms with Crippen LogP contribution in [0.1, 0.15) is 245 Å². The van der Waals surface area contributed by atoms with E-state index >= 15 is 0 Å². The molecule has 44 heavy (non-hydrogen) atoms. The molecule has 0 amide bonds. The second kappa shape index (κ2) is 40.2. The number of carbonyl (C=O) groups excluding carboxylic acids is 1. The van der Waals surface area contributed by atoms with Crippen LogP contribution in [0.5, 0.6) is 0 Å². The summed E-state index contributed by atoms with van der Waals surface area (Å²) in [5, 5.41) is 0. The molecule has 2 nitrogen and oxygen atoms in total. The minimum absolute atomic E-state index is 0.0271. The van der Waals surface area contributed by atoms with Crippen LogP contribution in [0.2, 0.25) is 0 Å². The molecule has 0 aliphatic carbocycles. The zero-order valence-electron chi connectivity index (χ0n) is 30.6. The molecule has 0 N–H and O–H groups in total. The maximum Gasteiger partial charge on any atom is 0.305 e. The molecule has 0 aromatic rings. The molecule has 2 heteroatoms. The molecule has 0 unspecified atom stereocenters. The van der Waals surface area contributed by atoms with Crippen LogP contribution in [0.25, 0.3) is 0 Å². The predicted octanol–water partition coefficient (Wildman–Crippen LogP) is 15.2. The van der Waals surface area contributed by atoms with E-state index in [-0.39, 0.29) is 5.97 Å². The van der Waals surface area contributed by atoms with Crippen molar-refractivity contribution < 1.29 is 9.53 Å². The van der Waals surface area contributed by atoms with Crippen LogP contribution < -0.4 is 0 Å². The van der Waals surface area contributed by atoms with Gasteiger partial charge in [0.15, 0.2) is 0 Å². The van der Waals surface area contributed by atoms with Crippen LogP contribution in [0.15, 0.2) is 12.2 Å². The molecular formula is C42H82O2. The Hall–Kier alpha value is -0.790. The standard InChI is InChI=1S/C42H82O2/c1-3-5-7-9-11-13-15-17-19-21-22-23-25-27-29-31-33-35-37-39-41-44-42(43)40-38-36-34-32-30-28-26-24-20-18-16-14-12-10-8-6-4-2/h17,19H,3-16,18,20-41H2,1-2H3. The van der Waals surface area contributed by atoms with E-state index in [2.05, 4.69) is 26.0 Å². The van der Waals surface area contributed by atoms with Crippen LogP contribution in [0.4, 0.5) is 0 Å². The van der Waals surface area contributed by atoms with Gasteiger partial charge in [0, 0.05) is 6.42 Å². The summed E-state index contributed by atoms with van der Waals surface area (Å²) in [6.07, 6.45) is 53.0. The molecule has 0 spiro atoms. The van der Waals surface area contributed by atoms with Crippen molar-refractivity contribution in [2.75, 3.05) is 6.61 Å². The van der Waals surface area contributed by atoms with Gasteiger partial charge in [0.25, 0.3) is 0 Å². The number of hydrogen-bond acceptors (Lipinski definition) is 2. The number of ether oxygens (including phenoxy) is 1. The minimum Gasteiger partial charge on any atom is -0.466 e. The van der Waals surface area contributed by atoms with E-state index in [9.17, 15) is 4.79 Å². The Morgan fingerprint density at radius 2 is 0.636 bits per heavy atom. The van der Waals surface area contributed by atoms with Crippen molar-refractivity contribution in [3.8, 4) is 0 Å². The van der Waals surface area contributed by atoms with Crippen molar-refractivity contribution in [1.82, 2.24) is 0 Å². The SMILES string of the molecule is CCCCCCCCC=CCCCCCCCCCCCCOC(=O)CCCCCCCCCCCCCCCCCCC. The van der Waals surface area contributed by atoms with E-state index in [0.29, 0.717) is 13.0 Å². The molecule has 0 aromatic carbocycles. The average Bonchev–Trinajstić information content (AvgIpc) is 3.03. The number of esters is 1. The molecule has 0 fully saturated rings. The minimum atomic E-state index is 0.0271. The topological polar surface area (TPSA) is 26.3 Å². The number of carbonyl (C=O) groups is 1. The van der Waals surface area contributed by atoms with Crippen molar-refractivity contribution in [3.05, 3.63) is 12.2 Å². The first kappa shape index (κ1) is 43.2. The normalized spacial score (nSPS) is 11.6. The number of allylic oxidation sites excluding steroid dienone is 2. The third-order valence-corrected chi connectivity index (χ3v) is 9.40. The zero-order chi connectivity index (χ0) is 31.9. The summed E-state index contributed by atoms with van der Waals surface area (Å²) in [5.41, 5.74) is 0. The van der Waals surface area contributed by atoms with Gasteiger partial charge in [-0.1, -0.05) is 212 Å². The monoisotopic (exact) mass is 619 g/mol. The Balaban J connectivity index is 3.17. The van der Waals surface area contributed by atoms with Crippen molar-refractivity contribution in [3.63, 3.8) is 0 Å². The van der Waals surface area contributed by atoms with Gasteiger partial charge < -0.3 is 4.74 Å². The van der Waals surface area contributed by atoms with Crippen LogP contribution in [-0.4, -0.2) is 12.6 Å². The van der Waals surface area contributed by atoms with Gasteiger partial charge in [-0.2, -0.15) is 0 Å². The summed E-state index contributed by atoms with van der Waals surface area (Å²) in [6.45, 7) is 5.21. The third-order valence-electron chi connectivity index (χ3n) is 9.40. The Morgan fingerprint density at radius 1 is 0.364 bits per heavy atom. The first-order valence-electron chi connectivity index (χ1n) is 20.6. The van der Waals surface area contributed by atoms with Gasteiger partial charge in [-0.25, -0.2) is 0 Å². The fraction of sp³-hybridized carbons (Fsp3) is 0.929. The maximum atomic E-state index is 12.0. The maximum absolute atomic E-state index is 12.0. The highest BCUT2D eigenvalue weighted by Gasteiger charge is 2.03. The van der Waals surface area contributed by atoms with Crippen LogP contribution in [-0.2, 0) is 9.53 Å². The molecule has 0 rings (SSSR count). The highest BCUT2D eigenvalue weighted by atomic mass is 16.5. The molecule has 0 aliphatic heterocycles. The van der Waals surface area contributed by atoms with Gasteiger partial charge in [-0.3, -0.25) is 4.79 Å². The van der Waals surface area contributed by atoms with Gasteiger partial charge >= 0.3 is 5.97 Å². The first-order valence-corrected chi connectivity index (χ1v) is 20.6. The lowest BCUT2D eigenvalue weighted by Crippen LogP contribution is -2.05. The van der Waals surface area contributed by atoms with E-state index < -0.39 is 0 Å². The fourth-order valence-corrected chi connectivity index (χ4v) is 6.31. The smallest absolute Gasteiger partial charge is 0.305 e.